The number of aromatic nitrogens is 2. The number of anilines is 3. The first-order chi connectivity index (χ1) is 8.99. The largest absolute Gasteiger partial charge is 0.495 e. The zero-order valence-corrected chi connectivity index (χ0v) is 11.7. The average molecular weight is 279 g/mol. The van der Waals surface area contributed by atoms with Crippen LogP contribution in [-0.4, -0.2) is 17.1 Å². The Bertz CT molecular complexity index is 596. The van der Waals surface area contributed by atoms with Crippen LogP contribution in [0.25, 0.3) is 0 Å². The smallest absolute Gasteiger partial charge is 0.143 e. The van der Waals surface area contributed by atoms with Crippen LogP contribution in [0.1, 0.15) is 11.4 Å². The first-order valence-electron chi connectivity index (χ1n) is 5.72. The summed E-state index contributed by atoms with van der Waals surface area (Å²) < 4.78 is 5.29. The van der Waals surface area contributed by atoms with Gasteiger partial charge in [-0.2, -0.15) is 0 Å². The van der Waals surface area contributed by atoms with Crippen LogP contribution in [-0.2, 0) is 0 Å². The molecule has 1 aromatic heterocycles. The number of hydrogen-bond donors (Lipinski definition) is 2. The van der Waals surface area contributed by atoms with E-state index in [1.165, 1.54) is 0 Å². The predicted octanol–water partition coefficient (Wildman–Crippen LogP) is 3.08. The van der Waals surface area contributed by atoms with E-state index in [-0.39, 0.29) is 0 Å². The number of hydrogen-bond acceptors (Lipinski definition) is 5. The van der Waals surface area contributed by atoms with Crippen LogP contribution in [0.4, 0.5) is 17.3 Å². The molecule has 0 aliphatic carbocycles. The highest BCUT2D eigenvalue weighted by Gasteiger charge is 2.08. The van der Waals surface area contributed by atoms with E-state index < -0.39 is 0 Å². The second-order valence-corrected chi connectivity index (χ2v) is 4.56. The van der Waals surface area contributed by atoms with Gasteiger partial charge in [0.1, 0.15) is 23.2 Å². The van der Waals surface area contributed by atoms with Gasteiger partial charge in [0.15, 0.2) is 0 Å². The number of nitrogens with zero attached hydrogens (tertiary/aromatic N) is 2. The number of aryl methyl sites for hydroxylation is 2. The van der Waals surface area contributed by atoms with Crippen LogP contribution < -0.4 is 15.8 Å². The summed E-state index contributed by atoms with van der Waals surface area (Å²) in [6.45, 7) is 3.71. The molecule has 0 amide bonds. The number of nitrogens with one attached hydrogen (secondary N) is 1. The van der Waals surface area contributed by atoms with Crippen molar-refractivity contribution in [2.45, 2.75) is 13.8 Å². The molecule has 0 saturated heterocycles. The Morgan fingerprint density at radius 1 is 1.21 bits per heavy atom. The first kappa shape index (κ1) is 13.4. The summed E-state index contributed by atoms with van der Waals surface area (Å²) in [4.78, 5) is 8.29. The fourth-order valence-corrected chi connectivity index (χ4v) is 1.88. The fraction of sp³-hybridized carbons (Fsp3) is 0.231. The minimum absolute atomic E-state index is 0.416. The summed E-state index contributed by atoms with van der Waals surface area (Å²) in [5.41, 5.74) is 7.42. The van der Waals surface area contributed by atoms with Gasteiger partial charge in [-0.25, -0.2) is 9.97 Å². The normalized spacial score (nSPS) is 10.3. The molecule has 1 heterocycles. The van der Waals surface area contributed by atoms with Crippen molar-refractivity contribution in [1.82, 2.24) is 9.97 Å². The van der Waals surface area contributed by atoms with Gasteiger partial charge in [-0.05, 0) is 25.5 Å². The molecule has 0 bridgehead atoms. The SMILES string of the molecule is COc1cc(Cl)c(C)cc1Nc1cc(N)nc(C)n1. The van der Waals surface area contributed by atoms with E-state index in [2.05, 4.69) is 15.3 Å². The van der Waals surface area contributed by atoms with E-state index in [0.29, 0.717) is 28.2 Å². The molecule has 0 atom stereocenters. The molecular weight excluding hydrogens is 264 g/mol. The van der Waals surface area contributed by atoms with Crippen molar-refractivity contribution in [3.8, 4) is 5.75 Å². The van der Waals surface area contributed by atoms with Crippen molar-refractivity contribution in [1.29, 1.82) is 0 Å². The van der Waals surface area contributed by atoms with Crippen molar-refractivity contribution in [2.75, 3.05) is 18.2 Å². The fourth-order valence-electron chi connectivity index (χ4n) is 1.72. The molecule has 0 spiro atoms. The van der Waals surface area contributed by atoms with Crippen molar-refractivity contribution in [3.05, 3.63) is 34.6 Å². The molecular formula is C13H15ClN4O. The molecule has 5 nitrogen and oxygen atoms in total. The van der Waals surface area contributed by atoms with E-state index in [1.54, 1.807) is 26.2 Å². The molecule has 19 heavy (non-hydrogen) atoms. The zero-order valence-electron chi connectivity index (χ0n) is 11.0. The summed E-state index contributed by atoms with van der Waals surface area (Å²) in [5, 5.41) is 3.81. The number of benzene rings is 1. The maximum Gasteiger partial charge on any atom is 0.143 e. The Kier molecular flexibility index (Phi) is 3.76. The van der Waals surface area contributed by atoms with Crippen LogP contribution in [0.3, 0.4) is 0 Å². The van der Waals surface area contributed by atoms with Gasteiger partial charge in [0.2, 0.25) is 0 Å². The summed E-state index contributed by atoms with van der Waals surface area (Å²) in [7, 11) is 1.59. The molecule has 2 aromatic rings. The molecule has 0 aliphatic rings. The lowest BCUT2D eigenvalue weighted by Crippen LogP contribution is -2.02. The molecule has 0 saturated carbocycles. The van der Waals surface area contributed by atoms with Crippen LogP contribution in [0, 0.1) is 13.8 Å². The summed E-state index contributed by atoms with van der Waals surface area (Å²) in [5.74, 6) is 2.28. The molecule has 0 unspecified atom stereocenters. The molecule has 0 aliphatic heterocycles. The van der Waals surface area contributed by atoms with Gasteiger partial charge in [0.25, 0.3) is 0 Å². The Hall–Kier alpha value is -2.01. The van der Waals surface area contributed by atoms with E-state index in [1.807, 2.05) is 13.0 Å². The number of halogens is 1. The van der Waals surface area contributed by atoms with Crippen molar-refractivity contribution in [3.63, 3.8) is 0 Å². The third-order valence-electron chi connectivity index (χ3n) is 2.60. The van der Waals surface area contributed by atoms with E-state index in [0.717, 1.165) is 11.3 Å². The van der Waals surface area contributed by atoms with E-state index >= 15 is 0 Å². The van der Waals surface area contributed by atoms with Crippen molar-refractivity contribution >= 4 is 28.9 Å². The van der Waals surface area contributed by atoms with Crippen LogP contribution in [0.15, 0.2) is 18.2 Å². The molecule has 100 valence electrons. The Morgan fingerprint density at radius 3 is 2.58 bits per heavy atom. The van der Waals surface area contributed by atoms with Crippen molar-refractivity contribution < 1.29 is 4.74 Å². The number of nitrogen functional groups attached to an aromatic ring is 1. The highest BCUT2D eigenvalue weighted by molar-refractivity contribution is 6.31. The minimum Gasteiger partial charge on any atom is -0.495 e. The standard InChI is InChI=1S/C13H15ClN4O/c1-7-4-10(11(19-3)5-9(7)14)18-13-6-12(15)16-8(2)17-13/h4-6H,1-3H3,(H3,15,16,17,18). The second-order valence-electron chi connectivity index (χ2n) is 4.15. The third-order valence-corrected chi connectivity index (χ3v) is 3.01. The Morgan fingerprint density at radius 2 is 1.95 bits per heavy atom. The number of nitrogens with two attached hydrogens (primary N) is 1. The quantitative estimate of drug-likeness (QED) is 0.903. The topological polar surface area (TPSA) is 73.1 Å². The highest BCUT2D eigenvalue weighted by Crippen LogP contribution is 2.32. The average Bonchev–Trinajstić information content (AvgIpc) is 2.32. The van der Waals surface area contributed by atoms with Crippen LogP contribution >= 0.6 is 11.6 Å². The number of ether oxygens (including phenoxy) is 1. The van der Waals surface area contributed by atoms with Gasteiger partial charge in [-0.15, -0.1) is 0 Å². The Labute approximate surface area is 116 Å². The number of rotatable bonds is 3. The maximum absolute atomic E-state index is 6.06. The molecule has 6 heteroatoms. The van der Waals surface area contributed by atoms with Gasteiger partial charge in [0.05, 0.1) is 12.8 Å². The van der Waals surface area contributed by atoms with Crippen molar-refractivity contribution in [2.24, 2.45) is 0 Å². The molecule has 2 rings (SSSR count). The van der Waals surface area contributed by atoms with Gasteiger partial charge in [-0.3, -0.25) is 0 Å². The van der Waals surface area contributed by atoms with Gasteiger partial charge in [0, 0.05) is 17.2 Å². The highest BCUT2D eigenvalue weighted by atomic mass is 35.5. The molecule has 0 radical (unpaired) electrons. The van der Waals surface area contributed by atoms with Crippen LogP contribution in [0.5, 0.6) is 5.75 Å². The lowest BCUT2D eigenvalue weighted by atomic mass is 10.2. The zero-order chi connectivity index (χ0) is 14.0. The van der Waals surface area contributed by atoms with Crippen LogP contribution in [0.2, 0.25) is 5.02 Å². The summed E-state index contributed by atoms with van der Waals surface area (Å²) >= 11 is 6.06. The lowest BCUT2D eigenvalue weighted by molar-refractivity contribution is 0.416. The monoisotopic (exact) mass is 278 g/mol. The predicted molar refractivity (Wildman–Crippen MR) is 77.2 cm³/mol. The van der Waals surface area contributed by atoms with Gasteiger partial charge >= 0.3 is 0 Å². The molecule has 0 fully saturated rings. The molecule has 3 N–H and O–H groups in total. The lowest BCUT2D eigenvalue weighted by Gasteiger charge is -2.13. The first-order valence-corrected chi connectivity index (χ1v) is 6.09. The van der Waals surface area contributed by atoms with E-state index in [4.69, 9.17) is 22.1 Å². The maximum atomic E-state index is 6.06. The minimum atomic E-state index is 0.416. The van der Waals surface area contributed by atoms with Gasteiger partial charge < -0.3 is 15.8 Å². The van der Waals surface area contributed by atoms with E-state index in [9.17, 15) is 0 Å². The third kappa shape index (κ3) is 3.06. The molecule has 1 aromatic carbocycles. The number of methoxy groups -OCH3 is 1. The summed E-state index contributed by atoms with van der Waals surface area (Å²) in [6.07, 6.45) is 0. The van der Waals surface area contributed by atoms with Gasteiger partial charge in [-0.1, -0.05) is 11.6 Å². The Balaban J connectivity index is 2.39. The summed E-state index contributed by atoms with van der Waals surface area (Å²) in [6, 6.07) is 5.32. The second kappa shape index (κ2) is 5.32.